The van der Waals surface area contributed by atoms with E-state index in [2.05, 4.69) is 5.32 Å². The molecule has 1 amide bonds. The molecule has 1 aliphatic heterocycles. The van der Waals surface area contributed by atoms with E-state index in [9.17, 15) is 19.1 Å². The second kappa shape index (κ2) is 13.1. The quantitative estimate of drug-likeness (QED) is 0.403. The Morgan fingerprint density at radius 3 is 2.22 bits per heavy atom. The number of aromatic carboxylic acids is 1. The van der Waals surface area contributed by atoms with Gasteiger partial charge in [0.25, 0.3) is 0 Å². The SMILES string of the molecule is Cl.Cl.Cl.O=C(O)c1cc(N2CCN(c3ccccc3F)CC2)nc2ccc(NC(=O)C3CCCC3)cc12. The first-order valence-corrected chi connectivity index (χ1v) is 11.7. The number of anilines is 3. The number of hydrogen-bond acceptors (Lipinski definition) is 5. The third-order valence-electron chi connectivity index (χ3n) is 6.82. The van der Waals surface area contributed by atoms with Gasteiger partial charge in [-0.15, -0.1) is 37.2 Å². The Hall–Kier alpha value is -2.81. The van der Waals surface area contributed by atoms with E-state index in [1.807, 2.05) is 15.9 Å². The molecule has 2 N–H and O–H groups in total. The molecule has 1 saturated carbocycles. The Bertz CT molecular complexity index is 1250. The zero-order chi connectivity index (χ0) is 23.7. The van der Waals surface area contributed by atoms with Gasteiger partial charge in [-0.1, -0.05) is 25.0 Å². The molecule has 2 aliphatic rings. The van der Waals surface area contributed by atoms with E-state index in [1.165, 1.54) is 6.07 Å². The van der Waals surface area contributed by atoms with Crippen LogP contribution in [0.15, 0.2) is 48.5 Å². The van der Waals surface area contributed by atoms with Gasteiger partial charge in [0.15, 0.2) is 0 Å². The number of pyridine rings is 1. The lowest BCUT2D eigenvalue weighted by Gasteiger charge is -2.37. The first-order chi connectivity index (χ1) is 16.5. The highest BCUT2D eigenvalue weighted by atomic mass is 35.5. The fourth-order valence-electron chi connectivity index (χ4n) is 4.95. The summed E-state index contributed by atoms with van der Waals surface area (Å²) in [6.07, 6.45) is 3.93. The molecule has 0 radical (unpaired) electrons. The van der Waals surface area contributed by atoms with Gasteiger partial charge in [0.05, 0.1) is 16.8 Å². The minimum Gasteiger partial charge on any atom is -0.478 e. The number of hydrogen-bond donors (Lipinski definition) is 2. The minimum atomic E-state index is -1.04. The van der Waals surface area contributed by atoms with Crippen LogP contribution in [-0.2, 0) is 4.79 Å². The van der Waals surface area contributed by atoms with Crippen molar-refractivity contribution in [1.82, 2.24) is 4.98 Å². The highest BCUT2D eigenvalue weighted by Gasteiger charge is 2.24. The van der Waals surface area contributed by atoms with Crippen molar-refractivity contribution in [2.24, 2.45) is 5.92 Å². The Morgan fingerprint density at radius 2 is 1.57 bits per heavy atom. The molecular formula is C26H30Cl3FN4O3. The zero-order valence-corrected chi connectivity index (χ0v) is 22.5. The van der Waals surface area contributed by atoms with E-state index in [1.54, 1.807) is 36.4 Å². The monoisotopic (exact) mass is 570 g/mol. The normalized spacial score (nSPS) is 15.4. The Balaban J connectivity index is 0.00000160. The van der Waals surface area contributed by atoms with E-state index in [0.717, 1.165) is 25.7 Å². The van der Waals surface area contributed by atoms with Crippen molar-refractivity contribution in [3.8, 4) is 0 Å². The van der Waals surface area contributed by atoms with Gasteiger partial charge in [0, 0.05) is 43.2 Å². The van der Waals surface area contributed by atoms with Gasteiger partial charge in [-0.25, -0.2) is 14.2 Å². The van der Waals surface area contributed by atoms with Gasteiger partial charge >= 0.3 is 5.97 Å². The minimum absolute atomic E-state index is 0. The maximum atomic E-state index is 14.2. The van der Waals surface area contributed by atoms with E-state index >= 15 is 0 Å². The average molecular weight is 572 g/mol. The summed E-state index contributed by atoms with van der Waals surface area (Å²) in [5, 5.41) is 13.3. The fraction of sp³-hybridized carbons (Fsp3) is 0.346. The molecule has 3 aromatic rings. The lowest BCUT2D eigenvalue weighted by atomic mass is 10.1. The summed E-state index contributed by atoms with van der Waals surface area (Å²) < 4.78 is 14.2. The summed E-state index contributed by atoms with van der Waals surface area (Å²) in [5.74, 6) is -0.688. The lowest BCUT2D eigenvalue weighted by molar-refractivity contribution is -0.119. The van der Waals surface area contributed by atoms with Gasteiger partial charge in [-0.05, 0) is 49.2 Å². The molecule has 11 heteroatoms. The number of carboxylic acids is 1. The average Bonchev–Trinajstić information content (AvgIpc) is 3.39. The van der Waals surface area contributed by atoms with Crippen LogP contribution < -0.4 is 15.1 Å². The van der Waals surface area contributed by atoms with Crippen LogP contribution in [0.2, 0.25) is 0 Å². The van der Waals surface area contributed by atoms with E-state index in [-0.39, 0.29) is 60.4 Å². The molecule has 37 heavy (non-hydrogen) atoms. The number of carbonyl (C=O) groups is 2. The van der Waals surface area contributed by atoms with E-state index in [4.69, 9.17) is 4.98 Å². The number of amides is 1. The largest absolute Gasteiger partial charge is 0.478 e. The Labute approximate surface area is 233 Å². The molecule has 2 aromatic carbocycles. The van der Waals surface area contributed by atoms with E-state index in [0.29, 0.717) is 54.3 Å². The number of fused-ring (bicyclic) bond motifs is 1. The van der Waals surface area contributed by atoms with Gasteiger partial charge in [-0.3, -0.25) is 4.79 Å². The molecular weight excluding hydrogens is 542 g/mol. The second-order valence-electron chi connectivity index (χ2n) is 8.96. The van der Waals surface area contributed by atoms with Crippen molar-refractivity contribution in [3.05, 3.63) is 59.9 Å². The maximum Gasteiger partial charge on any atom is 0.336 e. The predicted octanol–water partition coefficient (Wildman–Crippen LogP) is 5.79. The number of piperazine rings is 1. The van der Waals surface area contributed by atoms with Gasteiger partial charge in [0.2, 0.25) is 5.91 Å². The highest BCUT2D eigenvalue weighted by Crippen LogP contribution is 2.30. The molecule has 200 valence electrons. The van der Waals surface area contributed by atoms with Crippen LogP contribution in [0.5, 0.6) is 0 Å². The van der Waals surface area contributed by atoms with Crippen LogP contribution >= 0.6 is 37.2 Å². The Kier molecular flexibility index (Phi) is 10.8. The van der Waals surface area contributed by atoms with Crippen LogP contribution in [0, 0.1) is 11.7 Å². The molecule has 0 atom stereocenters. The third kappa shape index (κ3) is 6.55. The van der Waals surface area contributed by atoms with Crippen molar-refractivity contribution in [2.75, 3.05) is 41.3 Å². The Morgan fingerprint density at radius 1 is 0.919 bits per heavy atom. The first kappa shape index (κ1) is 30.4. The molecule has 0 unspecified atom stereocenters. The standard InChI is InChI=1S/C26H27FN4O3.3ClH/c27-21-7-3-4-8-23(21)30-11-13-31(14-12-30)24-16-20(26(33)34)19-15-18(9-10-22(19)29-24)28-25(32)17-5-1-2-6-17;;;/h3-4,7-10,15-17H,1-2,5-6,11-14H2,(H,28,32)(H,33,34);3*1H. The molecule has 2 fully saturated rings. The van der Waals surface area contributed by atoms with E-state index < -0.39 is 5.97 Å². The van der Waals surface area contributed by atoms with Crippen LogP contribution in [0.1, 0.15) is 36.0 Å². The fourth-order valence-corrected chi connectivity index (χ4v) is 4.95. The number of rotatable bonds is 5. The second-order valence-corrected chi connectivity index (χ2v) is 8.96. The van der Waals surface area contributed by atoms with Crippen molar-refractivity contribution in [2.45, 2.75) is 25.7 Å². The molecule has 2 heterocycles. The molecule has 1 aliphatic carbocycles. The summed E-state index contributed by atoms with van der Waals surface area (Å²) >= 11 is 0. The molecule has 7 nitrogen and oxygen atoms in total. The number of nitrogens with one attached hydrogen (secondary N) is 1. The molecule has 1 aromatic heterocycles. The predicted molar refractivity (Wildman–Crippen MR) is 152 cm³/mol. The number of nitrogens with zero attached hydrogens (tertiary/aromatic N) is 3. The summed E-state index contributed by atoms with van der Waals surface area (Å²) in [5.41, 5.74) is 1.87. The topological polar surface area (TPSA) is 85.8 Å². The summed E-state index contributed by atoms with van der Waals surface area (Å²) in [7, 11) is 0. The van der Waals surface area contributed by atoms with Crippen molar-refractivity contribution in [1.29, 1.82) is 0 Å². The summed E-state index contributed by atoms with van der Waals surface area (Å²) in [4.78, 5) is 33.3. The highest BCUT2D eigenvalue weighted by molar-refractivity contribution is 6.05. The van der Waals surface area contributed by atoms with Crippen LogP contribution in [-0.4, -0.2) is 48.1 Å². The first-order valence-electron chi connectivity index (χ1n) is 11.7. The van der Waals surface area contributed by atoms with Gasteiger partial charge < -0.3 is 20.2 Å². The number of carbonyl (C=O) groups excluding carboxylic acids is 1. The number of benzene rings is 2. The number of carboxylic acid groups (broad SMARTS) is 1. The van der Waals surface area contributed by atoms with Crippen molar-refractivity contribution >= 4 is 77.2 Å². The van der Waals surface area contributed by atoms with Gasteiger partial charge in [-0.2, -0.15) is 0 Å². The third-order valence-corrected chi connectivity index (χ3v) is 6.82. The van der Waals surface area contributed by atoms with Crippen LogP contribution in [0.25, 0.3) is 10.9 Å². The molecule has 0 bridgehead atoms. The number of aromatic nitrogens is 1. The maximum absolute atomic E-state index is 14.2. The van der Waals surface area contributed by atoms with Gasteiger partial charge in [0.1, 0.15) is 11.6 Å². The smallest absolute Gasteiger partial charge is 0.336 e. The summed E-state index contributed by atoms with van der Waals surface area (Å²) in [6, 6.07) is 13.5. The molecule has 0 spiro atoms. The number of para-hydroxylation sites is 1. The number of halogens is 4. The summed E-state index contributed by atoms with van der Waals surface area (Å²) in [6.45, 7) is 2.41. The van der Waals surface area contributed by atoms with Crippen molar-refractivity contribution in [3.63, 3.8) is 0 Å². The van der Waals surface area contributed by atoms with Crippen LogP contribution in [0.4, 0.5) is 21.6 Å². The zero-order valence-electron chi connectivity index (χ0n) is 20.1. The van der Waals surface area contributed by atoms with Crippen LogP contribution in [0.3, 0.4) is 0 Å². The molecule has 1 saturated heterocycles. The lowest BCUT2D eigenvalue weighted by Crippen LogP contribution is -2.47. The van der Waals surface area contributed by atoms with Crippen molar-refractivity contribution < 1.29 is 19.1 Å². The molecule has 5 rings (SSSR count).